The number of benzene rings is 1. The molecule has 1 atom stereocenters. The van der Waals surface area contributed by atoms with Gasteiger partial charge >= 0.3 is 0 Å². The molecule has 0 spiro atoms. The molecule has 1 aromatic carbocycles. The van der Waals surface area contributed by atoms with Crippen molar-refractivity contribution in [3.8, 4) is 0 Å². The van der Waals surface area contributed by atoms with Gasteiger partial charge in [-0.3, -0.25) is 0 Å². The van der Waals surface area contributed by atoms with E-state index in [0.29, 0.717) is 4.83 Å². The van der Waals surface area contributed by atoms with Crippen molar-refractivity contribution in [2.45, 2.75) is 31.5 Å². The first-order valence-electron chi connectivity index (χ1n) is 6.06. The van der Waals surface area contributed by atoms with Gasteiger partial charge in [-0.05, 0) is 36.1 Å². The van der Waals surface area contributed by atoms with E-state index in [0.717, 1.165) is 12.8 Å². The second-order valence-corrected chi connectivity index (χ2v) is 6.23. The predicted molar refractivity (Wildman–Crippen MR) is 80.3 cm³/mol. The minimum atomic E-state index is 0.332. The highest BCUT2D eigenvalue weighted by molar-refractivity contribution is 9.09. The van der Waals surface area contributed by atoms with Crippen LogP contribution in [0.1, 0.15) is 39.6 Å². The van der Waals surface area contributed by atoms with E-state index in [1.807, 2.05) is 11.3 Å². The number of rotatable bonds is 4. The summed E-state index contributed by atoms with van der Waals surface area (Å²) in [5, 5.41) is 0. The van der Waals surface area contributed by atoms with E-state index < -0.39 is 0 Å². The summed E-state index contributed by atoms with van der Waals surface area (Å²) in [5.74, 6) is 0. The number of aryl methyl sites for hydroxylation is 2. The average Bonchev–Trinajstić information content (AvgIpc) is 2.87. The number of thiophene rings is 1. The Morgan fingerprint density at radius 2 is 1.71 bits per heavy atom. The van der Waals surface area contributed by atoms with E-state index in [1.54, 1.807) is 0 Å². The molecule has 1 heterocycles. The lowest BCUT2D eigenvalue weighted by molar-refractivity contribution is 1.12. The molecule has 0 saturated carbocycles. The van der Waals surface area contributed by atoms with E-state index in [4.69, 9.17) is 0 Å². The first-order valence-corrected chi connectivity index (χ1v) is 7.79. The van der Waals surface area contributed by atoms with Crippen molar-refractivity contribution >= 4 is 27.3 Å². The zero-order chi connectivity index (χ0) is 12.3. The van der Waals surface area contributed by atoms with Crippen LogP contribution < -0.4 is 0 Å². The summed E-state index contributed by atoms with van der Waals surface area (Å²) in [5.41, 5.74) is 2.74. The van der Waals surface area contributed by atoms with Crippen LogP contribution in [0.5, 0.6) is 0 Å². The van der Waals surface area contributed by atoms with Crippen molar-refractivity contribution in [2.24, 2.45) is 0 Å². The quantitative estimate of drug-likeness (QED) is 0.667. The van der Waals surface area contributed by atoms with Gasteiger partial charge in [0.2, 0.25) is 0 Å². The van der Waals surface area contributed by atoms with Crippen molar-refractivity contribution < 1.29 is 0 Å². The van der Waals surface area contributed by atoms with E-state index >= 15 is 0 Å². The summed E-state index contributed by atoms with van der Waals surface area (Å²) in [6.45, 7) is 4.39. The summed E-state index contributed by atoms with van der Waals surface area (Å²) in [6, 6.07) is 13.4. The van der Waals surface area contributed by atoms with Crippen LogP contribution in [0.15, 0.2) is 36.4 Å². The molecule has 0 aliphatic rings. The molecule has 2 rings (SSSR count). The van der Waals surface area contributed by atoms with Gasteiger partial charge in [0.15, 0.2) is 0 Å². The molecule has 0 nitrogen and oxygen atoms in total. The second kappa shape index (κ2) is 5.83. The Hall–Kier alpha value is -0.600. The zero-order valence-corrected chi connectivity index (χ0v) is 12.6. The Morgan fingerprint density at radius 3 is 2.24 bits per heavy atom. The summed E-state index contributed by atoms with van der Waals surface area (Å²) >= 11 is 5.69. The summed E-state index contributed by atoms with van der Waals surface area (Å²) < 4.78 is 0. The standard InChI is InChI=1S/C15H17BrS/c1-3-11-5-7-12(8-6-11)15(16)14-10-9-13(4-2)17-14/h5-10,15H,3-4H2,1-2H3. The van der Waals surface area contributed by atoms with Crippen LogP contribution in [-0.4, -0.2) is 0 Å². The monoisotopic (exact) mass is 308 g/mol. The minimum Gasteiger partial charge on any atom is -0.144 e. The maximum absolute atomic E-state index is 3.79. The molecule has 0 saturated heterocycles. The molecule has 2 aromatic rings. The summed E-state index contributed by atoms with van der Waals surface area (Å²) in [7, 11) is 0. The maximum atomic E-state index is 3.79. The molecule has 0 aliphatic heterocycles. The van der Waals surface area contributed by atoms with Gasteiger partial charge in [-0.15, -0.1) is 11.3 Å². The second-order valence-electron chi connectivity index (χ2n) is 4.12. The number of halogens is 1. The van der Waals surface area contributed by atoms with Gasteiger partial charge < -0.3 is 0 Å². The van der Waals surface area contributed by atoms with Gasteiger partial charge in [0, 0.05) is 9.75 Å². The van der Waals surface area contributed by atoms with Crippen LogP contribution >= 0.6 is 27.3 Å². The van der Waals surface area contributed by atoms with Crippen molar-refractivity contribution in [2.75, 3.05) is 0 Å². The first-order chi connectivity index (χ1) is 8.24. The van der Waals surface area contributed by atoms with Crippen molar-refractivity contribution in [3.63, 3.8) is 0 Å². The lowest BCUT2D eigenvalue weighted by Gasteiger charge is -2.08. The van der Waals surface area contributed by atoms with Crippen LogP contribution in [0.25, 0.3) is 0 Å². The minimum absolute atomic E-state index is 0.332. The highest BCUT2D eigenvalue weighted by Gasteiger charge is 2.12. The molecule has 0 aliphatic carbocycles. The topological polar surface area (TPSA) is 0 Å². The molecule has 0 N–H and O–H groups in total. The first kappa shape index (κ1) is 12.8. The Bertz CT molecular complexity index is 470. The van der Waals surface area contributed by atoms with E-state index in [1.165, 1.54) is 20.9 Å². The average molecular weight is 309 g/mol. The highest BCUT2D eigenvalue weighted by Crippen LogP contribution is 2.35. The molecule has 0 amide bonds. The molecule has 0 fully saturated rings. The fraction of sp³-hybridized carbons (Fsp3) is 0.333. The van der Waals surface area contributed by atoms with E-state index in [9.17, 15) is 0 Å². The number of hydrogen-bond donors (Lipinski definition) is 0. The highest BCUT2D eigenvalue weighted by atomic mass is 79.9. The molecule has 2 heteroatoms. The lowest BCUT2D eigenvalue weighted by atomic mass is 10.1. The SMILES string of the molecule is CCc1ccc(C(Br)c2ccc(CC)s2)cc1. The van der Waals surface area contributed by atoms with Gasteiger partial charge in [-0.1, -0.05) is 54.0 Å². The Morgan fingerprint density at radius 1 is 1.00 bits per heavy atom. The Balaban J connectivity index is 2.20. The molecule has 0 radical (unpaired) electrons. The summed E-state index contributed by atoms with van der Waals surface area (Å²) in [6.07, 6.45) is 2.23. The fourth-order valence-electron chi connectivity index (χ4n) is 1.81. The van der Waals surface area contributed by atoms with Crippen LogP contribution in [0, 0.1) is 0 Å². The van der Waals surface area contributed by atoms with Crippen molar-refractivity contribution in [3.05, 3.63) is 57.3 Å². The molecular weight excluding hydrogens is 292 g/mol. The lowest BCUT2D eigenvalue weighted by Crippen LogP contribution is -1.90. The van der Waals surface area contributed by atoms with E-state index in [-0.39, 0.29) is 0 Å². The van der Waals surface area contributed by atoms with Crippen LogP contribution in [-0.2, 0) is 12.8 Å². The van der Waals surface area contributed by atoms with E-state index in [2.05, 4.69) is 66.2 Å². The third-order valence-corrected chi connectivity index (χ3v) is 5.58. The van der Waals surface area contributed by atoms with Crippen LogP contribution in [0.4, 0.5) is 0 Å². The number of hydrogen-bond acceptors (Lipinski definition) is 1. The largest absolute Gasteiger partial charge is 0.144 e. The van der Waals surface area contributed by atoms with Gasteiger partial charge in [0.25, 0.3) is 0 Å². The molecule has 17 heavy (non-hydrogen) atoms. The molecule has 90 valence electrons. The van der Waals surface area contributed by atoms with Crippen molar-refractivity contribution in [1.82, 2.24) is 0 Å². The Labute approximate surface area is 116 Å². The Kier molecular flexibility index (Phi) is 4.41. The van der Waals surface area contributed by atoms with Gasteiger partial charge in [-0.25, -0.2) is 0 Å². The third-order valence-electron chi connectivity index (χ3n) is 2.96. The molecule has 0 bridgehead atoms. The molecule has 1 aromatic heterocycles. The van der Waals surface area contributed by atoms with Crippen molar-refractivity contribution in [1.29, 1.82) is 0 Å². The molecule has 1 unspecified atom stereocenters. The van der Waals surface area contributed by atoms with Gasteiger partial charge in [0.1, 0.15) is 0 Å². The number of alkyl halides is 1. The van der Waals surface area contributed by atoms with Gasteiger partial charge in [-0.2, -0.15) is 0 Å². The maximum Gasteiger partial charge on any atom is 0.0738 e. The van der Waals surface area contributed by atoms with Gasteiger partial charge in [0.05, 0.1) is 4.83 Å². The molecular formula is C15H17BrS. The summed E-state index contributed by atoms with van der Waals surface area (Å²) in [4.78, 5) is 3.18. The third kappa shape index (κ3) is 2.99. The predicted octanol–water partition coefficient (Wildman–Crippen LogP) is 5.36. The zero-order valence-electron chi connectivity index (χ0n) is 10.2. The smallest absolute Gasteiger partial charge is 0.0738 e. The van der Waals surface area contributed by atoms with Crippen LogP contribution in [0.3, 0.4) is 0 Å². The van der Waals surface area contributed by atoms with Crippen LogP contribution in [0.2, 0.25) is 0 Å². The normalized spacial score (nSPS) is 12.6. The fourth-order valence-corrected chi connectivity index (χ4v) is 3.50.